The number of benzene rings is 1. The quantitative estimate of drug-likeness (QED) is 0.836. The molecule has 2 N–H and O–H groups in total. The molecule has 20 heavy (non-hydrogen) atoms. The summed E-state index contributed by atoms with van der Waals surface area (Å²) >= 11 is 0. The minimum Gasteiger partial charge on any atom is -0.481 e. The number of rotatable bonds is 6. The Labute approximate surface area is 116 Å². The summed E-state index contributed by atoms with van der Waals surface area (Å²) in [5.74, 6) is -0.253. The lowest BCUT2D eigenvalue weighted by atomic mass is 10.1. The monoisotopic (exact) mass is 275 g/mol. The Morgan fingerprint density at radius 2 is 2.05 bits per heavy atom. The number of ether oxygens (including phenoxy) is 1. The van der Waals surface area contributed by atoms with Crippen molar-refractivity contribution in [2.45, 2.75) is 19.4 Å². The van der Waals surface area contributed by atoms with E-state index in [9.17, 15) is 4.79 Å². The lowest BCUT2D eigenvalue weighted by molar-refractivity contribution is -0.139. The maximum absolute atomic E-state index is 10.7. The van der Waals surface area contributed by atoms with Crippen molar-refractivity contribution in [2.24, 2.45) is 0 Å². The Hall–Kier alpha value is -2.21. The molecule has 0 aliphatic rings. The minimum atomic E-state index is -0.890. The van der Waals surface area contributed by atoms with E-state index in [-0.39, 0.29) is 6.42 Å². The van der Waals surface area contributed by atoms with E-state index >= 15 is 0 Å². The van der Waals surface area contributed by atoms with Gasteiger partial charge in [0, 0.05) is 24.4 Å². The van der Waals surface area contributed by atoms with Crippen LogP contribution >= 0.6 is 0 Å². The van der Waals surface area contributed by atoms with Crippen molar-refractivity contribution < 1.29 is 14.6 Å². The maximum atomic E-state index is 10.7. The number of aryl methyl sites for hydroxylation is 1. The third-order valence-electron chi connectivity index (χ3n) is 3.10. The van der Waals surface area contributed by atoms with Gasteiger partial charge in [0.25, 0.3) is 0 Å². The molecular formula is C14H17N3O3. The van der Waals surface area contributed by atoms with E-state index in [4.69, 9.17) is 9.84 Å². The number of carboxylic acid groups (broad SMARTS) is 1. The molecule has 0 aliphatic heterocycles. The highest BCUT2D eigenvalue weighted by atomic mass is 16.5. The number of hydrogen-bond acceptors (Lipinski definition) is 5. The molecule has 0 amide bonds. The van der Waals surface area contributed by atoms with Crippen molar-refractivity contribution in [2.75, 3.05) is 19.0 Å². The highest BCUT2D eigenvalue weighted by Crippen LogP contribution is 2.22. The van der Waals surface area contributed by atoms with Crippen LogP contribution in [0.3, 0.4) is 0 Å². The molecule has 6 heteroatoms. The zero-order chi connectivity index (χ0) is 14.5. The van der Waals surface area contributed by atoms with Crippen LogP contribution in [0.25, 0.3) is 10.8 Å². The maximum Gasteiger partial charge on any atom is 0.306 e. The first kappa shape index (κ1) is 14.2. The number of nitrogens with zero attached hydrogens (tertiary/aromatic N) is 2. The number of aromatic nitrogens is 2. The molecule has 6 nitrogen and oxygen atoms in total. The predicted molar refractivity (Wildman–Crippen MR) is 75.8 cm³/mol. The second-order valence-electron chi connectivity index (χ2n) is 4.52. The van der Waals surface area contributed by atoms with Gasteiger partial charge in [-0.1, -0.05) is 24.3 Å². The van der Waals surface area contributed by atoms with Crippen LogP contribution in [0.5, 0.6) is 0 Å². The van der Waals surface area contributed by atoms with Gasteiger partial charge in [-0.2, -0.15) is 5.10 Å². The molecule has 106 valence electrons. The summed E-state index contributed by atoms with van der Waals surface area (Å²) in [6.07, 6.45) is -0.463. The van der Waals surface area contributed by atoms with Gasteiger partial charge in [-0.15, -0.1) is 5.10 Å². The van der Waals surface area contributed by atoms with Crippen LogP contribution in [-0.4, -0.2) is 41.0 Å². The molecule has 0 spiro atoms. The van der Waals surface area contributed by atoms with Crippen LogP contribution in [-0.2, 0) is 9.53 Å². The van der Waals surface area contributed by atoms with E-state index in [1.807, 2.05) is 31.2 Å². The standard InChI is InChI=1S/C14H17N3O3/c1-9-11-5-3-4-6-12(11)14(17-16-9)15-8-10(20-2)7-13(18)19/h3-6,10H,7-8H2,1-2H3,(H,15,17)(H,18,19). The van der Waals surface area contributed by atoms with Gasteiger partial charge in [-0.3, -0.25) is 4.79 Å². The Balaban J connectivity index is 2.18. The summed E-state index contributed by atoms with van der Waals surface area (Å²) in [6, 6.07) is 7.82. The highest BCUT2D eigenvalue weighted by molar-refractivity contribution is 5.92. The van der Waals surface area contributed by atoms with Gasteiger partial charge in [0.1, 0.15) is 0 Å². The van der Waals surface area contributed by atoms with Crippen LogP contribution < -0.4 is 5.32 Å². The lowest BCUT2D eigenvalue weighted by Crippen LogP contribution is -2.25. The number of aliphatic carboxylic acids is 1. The number of anilines is 1. The molecule has 0 aliphatic carbocycles. The summed E-state index contributed by atoms with van der Waals surface area (Å²) in [6.45, 7) is 2.27. The van der Waals surface area contributed by atoms with Gasteiger partial charge in [0.2, 0.25) is 0 Å². The fourth-order valence-corrected chi connectivity index (χ4v) is 2.01. The van der Waals surface area contributed by atoms with Crippen molar-refractivity contribution >= 4 is 22.6 Å². The molecule has 0 radical (unpaired) electrons. The summed E-state index contributed by atoms with van der Waals surface area (Å²) in [5, 5.41) is 22.1. The predicted octanol–water partition coefficient (Wildman–Crippen LogP) is 1.84. The summed E-state index contributed by atoms with van der Waals surface area (Å²) in [7, 11) is 1.49. The fourth-order valence-electron chi connectivity index (χ4n) is 2.01. The van der Waals surface area contributed by atoms with Gasteiger partial charge in [0.05, 0.1) is 18.2 Å². The molecule has 0 bridgehead atoms. The van der Waals surface area contributed by atoms with Gasteiger partial charge < -0.3 is 15.2 Å². The van der Waals surface area contributed by atoms with Crippen molar-refractivity contribution in [1.82, 2.24) is 10.2 Å². The summed E-state index contributed by atoms with van der Waals surface area (Å²) in [4.78, 5) is 10.7. The van der Waals surface area contributed by atoms with Crippen molar-refractivity contribution in [3.63, 3.8) is 0 Å². The van der Waals surface area contributed by atoms with Gasteiger partial charge >= 0.3 is 5.97 Å². The molecule has 1 aromatic carbocycles. The van der Waals surface area contributed by atoms with E-state index in [0.717, 1.165) is 16.5 Å². The minimum absolute atomic E-state index is 0.0548. The van der Waals surface area contributed by atoms with Crippen LogP contribution in [0.15, 0.2) is 24.3 Å². The number of nitrogens with one attached hydrogen (secondary N) is 1. The zero-order valence-corrected chi connectivity index (χ0v) is 11.5. The largest absolute Gasteiger partial charge is 0.481 e. The Morgan fingerprint density at radius 1 is 1.35 bits per heavy atom. The van der Waals surface area contributed by atoms with E-state index < -0.39 is 12.1 Å². The first-order chi connectivity index (χ1) is 9.61. The number of hydrogen-bond donors (Lipinski definition) is 2. The van der Waals surface area contributed by atoms with E-state index in [0.29, 0.717) is 12.4 Å². The fraction of sp³-hybridized carbons (Fsp3) is 0.357. The van der Waals surface area contributed by atoms with Gasteiger partial charge in [-0.25, -0.2) is 0 Å². The topological polar surface area (TPSA) is 84.3 Å². The summed E-state index contributed by atoms with van der Waals surface area (Å²) < 4.78 is 5.13. The van der Waals surface area contributed by atoms with E-state index in [2.05, 4.69) is 15.5 Å². The molecule has 0 saturated carbocycles. The first-order valence-electron chi connectivity index (χ1n) is 6.32. The zero-order valence-electron chi connectivity index (χ0n) is 11.5. The highest BCUT2D eigenvalue weighted by Gasteiger charge is 2.13. The average molecular weight is 275 g/mol. The Morgan fingerprint density at radius 3 is 2.70 bits per heavy atom. The number of methoxy groups -OCH3 is 1. The lowest BCUT2D eigenvalue weighted by Gasteiger charge is -2.15. The van der Waals surface area contributed by atoms with Crippen molar-refractivity contribution in [3.05, 3.63) is 30.0 Å². The summed E-state index contributed by atoms with van der Waals surface area (Å²) in [5.41, 5.74) is 0.861. The van der Waals surface area contributed by atoms with Gasteiger partial charge in [0.15, 0.2) is 5.82 Å². The third-order valence-corrected chi connectivity index (χ3v) is 3.10. The Bertz CT molecular complexity index is 616. The normalized spacial score (nSPS) is 12.3. The number of carbonyl (C=O) groups is 1. The van der Waals surface area contributed by atoms with Crippen LogP contribution in [0, 0.1) is 6.92 Å². The Kier molecular flexibility index (Phi) is 4.47. The third kappa shape index (κ3) is 3.21. The molecular weight excluding hydrogens is 258 g/mol. The molecule has 2 rings (SSSR count). The molecule has 1 atom stereocenters. The van der Waals surface area contributed by atoms with E-state index in [1.54, 1.807) is 0 Å². The first-order valence-corrected chi connectivity index (χ1v) is 6.32. The second kappa shape index (κ2) is 6.29. The van der Waals surface area contributed by atoms with Crippen LogP contribution in [0.4, 0.5) is 5.82 Å². The average Bonchev–Trinajstić information content (AvgIpc) is 2.45. The molecule has 0 saturated heterocycles. The molecule has 1 heterocycles. The van der Waals surface area contributed by atoms with Gasteiger partial charge in [-0.05, 0) is 6.92 Å². The molecule has 2 aromatic rings. The van der Waals surface area contributed by atoms with Crippen LogP contribution in [0.1, 0.15) is 12.1 Å². The molecule has 1 unspecified atom stereocenters. The van der Waals surface area contributed by atoms with E-state index in [1.165, 1.54) is 7.11 Å². The van der Waals surface area contributed by atoms with Crippen molar-refractivity contribution in [3.8, 4) is 0 Å². The van der Waals surface area contributed by atoms with Crippen LogP contribution in [0.2, 0.25) is 0 Å². The number of carboxylic acids is 1. The SMILES string of the molecule is COC(CNc1nnc(C)c2ccccc12)CC(=O)O. The van der Waals surface area contributed by atoms with Crippen molar-refractivity contribution in [1.29, 1.82) is 0 Å². The molecule has 0 fully saturated rings. The number of fused-ring (bicyclic) bond motifs is 1. The smallest absolute Gasteiger partial charge is 0.306 e. The second-order valence-corrected chi connectivity index (χ2v) is 4.52. The molecule has 1 aromatic heterocycles.